The monoisotopic (exact) mass is 325 g/mol. The number of carboxylic acid groups (broad SMARTS) is 1. The van der Waals surface area contributed by atoms with E-state index in [0.29, 0.717) is 16.9 Å². The number of hydrogen-bond donors (Lipinski definition) is 2. The minimum absolute atomic E-state index is 0.260. The SMILES string of the molecule is CC(=O)Oc1ccc(/C=C(/NC(=O)c2ccccc2)C(=O)O)cc1. The van der Waals surface area contributed by atoms with Crippen molar-refractivity contribution in [3.8, 4) is 5.75 Å². The molecule has 0 atom stereocenters. The second kappa shape index (κ2) is 7.73. The Morgan fingerprint density at radius 2 is 1.62 bits per heavy atom. The summed E-state index contributed by atoms with van der Waals surface area (Å²) < 4.78 is 4.90. The maximum Gasteiger partial charge on any atom is 0.352 e. The van der Waals surface area contributed by atoms with Crippen LogP contribution in [0.5, 0.6) is 5.75 Å². The topological polar surface area (TPSA) is 92.7 Å². The average molecular weight is 325 g/mol. The molecule has 6 nitrogen and oxygen atoms in total. The first kappa shape index (κ1) is 17.0. The third-order valence-corrected chi connectivity index (χ3v) is 2.97. The number of hydrogen-bond acceptors (Lipinski definition) is 4. The Bertz CT molecular complexity index is 779. The molecule has 122 valence electrons. The highest BCUT2D eigenvalue weighted by atomic mass is 16.5. The van der Waals surface area contributed by atoms with Crippen LogP contribution < -0.4 is 10.1 Å². The molecule has 0 bridgehead atoms. The van der Waals surface area contributed by atoms with E-state index in [1.165, 1.54) is 25.1 Å². The second-order valence-corrected chi connectivity index (χ2v) is 4.85. The van der Waals surface area contributed by atoms with Gasteiger partial charge in [0.25, 0.3) is 5.91 Å². The van der Waals surface area contributed by atoms with Gasteiger partial charge in [0, 0.05) is 12.5 Å². The number of ether oxygens (including phenoxy) is 1. The number of nitrogens with one attached hydrogen (secondary N) is 1. The van der Waals surface area contributed by atoms with E-state index in [4.69, 9.17) is 4.74 Å². The molecule has 0 heterocycles. The van der Waals surface area contributed by atoms with Gasteiger partial charge in [-0.3, -0.25) is 9.59 Å². The van der Waals surface area contributed by atoms with E-state index >= 15 is 0 Å². The molecule has 6 heteroatoms. The third kappa shape index (κ3) is 4.81. The van der Waals surface area contributed by atoms with Gasteiger partial charge in [-0.25, -0.2) is 4.79 Å². The summed E-state index contributed by atoms with van der Waals surface area (Å²) in [6.45, 7) is 1.29. The Morgan fingerprint density at radius 3 is 2.17 bits per heavy atom. The lowest BCUT2D eigenvalue weighted by Gasteiger charge is -2.07. The van der Waals surface area contributed by atoms with Crippen molar-refractivity contribution in [2.75, 3.05) is 0 Å². The maximum absolute atomic E-state index is 12.1. The highest BCUT2D eigenvalue weighted by Gasteiger charge is 2.13. The van der Waals surface area contributed by atoms with Crippen molar-refractivity contribution in [2.24, 2.45) is 0 Å². The zero-order valence-electron chi connectivity index (χ0n) is 12.9. The molecule has 0 aliphatic carbocycles. The van der Waals surface area contributed by atoms with E-state index in [9.17, 15) is 19.5 Å². The lowest BCUT2D eigenvalue weighted by molar-refractivity contribution is -0.133. The van der Waals surface area contributed by atoms with Crippen LogP contribution in [0.25, 0.3) is 6.08 Å². The molecule has 0 aliphatic rings. The van der Waals surface area contributed by atoms with Gasteiger partial charge in [0.2, 0.25) is 0 Å². The fraction of sp³-hybridized carbons (Fsp3) is 0.0556. The molecule has 0 saturated carbocycles. The predicted octanol–water partition coefficient (Wildman–Crippen LogP) is 2.47. The molecule has 0 saturated heterocycles. The minimum atomic E-state index is -1.26. The first-order valence-electron chi connectivity index (χ1n) is 7.05. The first-order chi connectivity index (χ1) is 11.5. The van der Waals surface area contributed by atoms with E-state index in [1.807, 2.05) is 0 Å². The lowest BCUT2D eigenvalue weighted by atomic mass is 10.1. The smallest absolute Gasteiger partial charge is 0.352 e. The van der Waals surface area contributed by atoms with Gasteiger partial charge in [-0.1, -0.05) is 30.3 Å². The Labute approximate surface area is 138 Å². The summed E-state index contributed by atoms with van der Waals surface area (Å²) in [6, 6.07) is 14.5. The number of rotatable bonds is 5. The number of esters is 1. The summed E-state index contributed by atoms with van der Waals surface area (Å²) in [5, 5.41) is 11.6. The van der Waals surface area contributed by atoms with Crippen LogP contribution in [0.3, 0.4) is 0 Å². The highest BCUT2D eigenvalue weighted by Crippen LogP contribution is 2.14. The van der Waals surface area contributed by atoms with E-state index in [1.54, 1.807) is 42.5 Å². The van der Waals surface area contributed by atoms with Gasteiger partial charge in [0.05, 0.1) is 0 Å². The van der Waals surface area contributed by atoms with Crippen LogP contribution in [0.2, 0.25) is 0 Å². The molecule has 0 aliphatic heterocycles. The summed E-state index contributed by atoms with van der Waals surface area (Å²) in [5.74, 6) is -1.87. The van der Waals surface area contributed by atoms with E-state index in [0.717, 1.165) is 0 Å². The van der Waals surface area contributed by atoms with E-state index in [2.05, 4.69) is 5.32 Å². The maximum atomic E-state index is 12.1. The van der Waals surface area contributed by atoms with Crippen molar-refractivity contribution < 1.29 is 24.2 Å². The molecule has 2 rings (SSSR count). The standard InChI is InChI=1S/C18H15NO5/c1-12(20)24-15-9-7-13(8-10-15)11-16(18(22)23)19-17(21)14-5-3-2-4-6-14/h2-11H,1H3,(H,19,21)(H,22,23)/b16-11+. The molecule has 0 fully saturated rings. The van der Waals surface area contributed by atoms with Crippen molar-refractivity contribution in [1.29, 1.82) is 0 Å². The van der Waals surface area contributed by atoms with Gasteiger partial charge in [0.15, 0.2) is 0 Å². The van der Waals surface area contributed by atoms with Gasteiger partial charge < -0.3 is 15.2 Å². The molecular formula is C18H15NO5. The summed E-state index contributed by atoms with van der Waals surface area (Å²) in [7, 11) is 0. The zero-order chi connectivity index (χ0) is 17.5. The minimum Gasteiger partial charge on any atom is -0.477 e. The molecule has 24 heavy (non-hydrogen) atoms. The van der Waals surface area contributed by atoms with Crippen LogP contribution in [-0.4, -0.2) is 23.0 Å². The average Bonchev–Trinajstić information content (AvgIpc) is 2.56. The molecule has 0 radical (unpaired) electrons. The fourth-order valence-electron chi connectivity index (χ4n) is 1.90. The number of carbonyl (C=O) groups excluding carboxylic acids is 2. The van der Waals surface area contributed by atoms with Crippen molar-refractivity contribution in [3.63, 3.8) is 0 Å². The van der Waals surface area contributed by atoms with E-state index < -0.39 is 17.8 Å². The molecule has 2 N–H and O–H groups in total. The third-order valence-electron chi connectivity index (χ3n) is 2.97. The lowest BCUT2D eigenvalue weighted by Crippen LogP contribution is -2.27. The van der Waals surface area contributed by atoms with Crippen molar-refractivity contribution >= 4 is 23.9 Å². The fourth-order valence-corrected chi connectivity index (χ4v) is 1.90. The van der Waals surface area contributed by atoms with E-state index in [-0.39, 0.29) is 5.70 Å². The molecule has 0 aromatic heterocycles. The first-order valence-corrected chi connectivity index (χ1v) is 7.05. The van der Waals surface area contributed by atoms with Gasteiger partial charge in [-0.15, -0.1) is 0 Å². The molecule has 0 spiro atoms. The molecular weight excluding hydrogens is 310 g/mol. The highest BCUT2D eigenvalue weighted by molar-refractivity contribution is 6.02. The largest absolute Gasteiger partial charge is 0.477 e. The van der Waals surface area contributed by atoms with Crippen LogP contribution in [0.15, 0.2) is 60.3 Å². The number of amides is 1. The molecule has 2 aromatic carbocycles. The Balaban J connectivity index is 2.18. The summed E-state index contributed by atoms with van der Waals surface area (Å²) in [4.78, 5) is 34.2. The summed E-state index contributed by atoms with van der Waals surface area (Å²) >= 11 is 0. The van der Waals surface area contributed by atoms with Gasteiger partial charge in [-0.2, -0.15) is 0 Å². The van der Waals surface area contributed by atoms with Crippen LogP contribution in [-0.2, 0) is 9.59 Å². The normalized spacial score (nSPS) is 10.8. The number of carbonyl (C=O) groups is 3. The molecule has 0 unspecified atom stereocenters. The Morgan fingerprint density at radius 1 is 1.00 bits per heavy atom. The number of carboxylic acids is 1. The zero-order valence-corrected chi connectivity index (χ0v) is 12.9. The Hall–Kier alpha value is -3.41. The molecule has 1 amide bonds. The summed E-state index contributed by atoms with van der Waals surface area (Å²) in [5.41, 5.74) is 0.635. The van der Waals surface area contributed by atoms with Gasteiger partial charge in [-0.05, 0) is 35.9 Å². The molecule has 2 aromatic rings. The van der Waals surface area contributed by atoms with Crippen LogP contribution in [0.4, 0.5) is 0 Å². The Kier molecular flexibility index (Phi) is 5.46. The van der Waals surface area contributed by atoms with Crippen molar-refractivity contribution in [1.82, 2.24) is 5.32 Å². The van der Waals surface area contributed by atoms with Crippen LogP contribution in [0.1, 0.15) is 22.8 Å². The van der Waals surface area contributed by atoms with Crippen LogP contribution in [0, 0.1) is 0 Å². The quantitative estimate of drug-likeness (QED) is 0.500. The predicted molar refractivity (Wildman–Crippen MR) is 87.3 cm³/mol. The number of benzene rings is 2. The van der Waals surface area contributed by atoms with Crippen molar-refractivity contribution in [3.05, 3.63) is 71.4 Å². The summed E-state index contributed by atoms with van der Waals surface area (Å²) in [6.07, 6.45) is 1.32. The van der Waals surface area contributed by atoms with Crippen LogP contribution >= 0.6 is 0 Å². The number of aliphatic carboxylic acids is 1. The van der Waals surface area contributed by atoms with Gasteiger partial charge >= 0.3 is 11.9 Å². The van der Waals surface area contributed by atoms with Crippen molar-refractivity contribution in [2.45, 2.75) is 6.92 Å². The van der Waals surface area contributed by atoms with Gasteiger partial charge in [0.1, 0.15) is 11.4 Å². The second-order valence-electron chi connectivity index (χ2n) is 4.85.